The first-order valence-electron chi connectivity index (χ1n) is 24.4. The Morgan fingerprint density at radius 3 is 2.36 bits per heavy atom. The first-order valence-corrected chi connectivity index (χ1v) is 25.9. The maximum absolute atomic E-state index is 12.6. The van der Waals surface area contributed by atoms with Crippen LogP contribution in [0.4, 0.5) is 0 Å². The van der Waals surface area contributed by atoms with Crippen molar-refractivity contribution in [2.24, 2.45) is 40.9 Å². The average molecular weight is 989 g/mol. The summed E-state index contributed by atoms with van der Waals surface area (Å²) in [6, 6.07) is 1.47. The molecule has 17 heteroatoms. The predicted molar refractivity (Wildman–Crippen MR) is 267 cm³/mol. The molecule has 15 atom stereocenters. The van der Waals surface area contributed by atoms with Gasteiger partial charge < -0.3 is 54.0 Å². The zero-order chi connectivity index (χ0) is 52.2. The second-order valence-corrected chi connectivity index (χ2v) is 22.0. The number of hydrogen-bond donors (Lipinski definition) is 6. The van der Waals surface area contributed by atoms with Crippen LogP contribution in [0.25, 0.3) is 6.08 Å². The summed E-state index contributed by atoms with van der Waals surface area (Å²) in [5.41, 5.74) is 2.67. The molecule has 15 unspecified atom stereocenters. The monoisotopic (exact) mass is 989 g/mol. The zero-order valence-electron chi connectivity index (χ0n) is 43.8. The number of likely N-dealkylation sites (N-methyl/N-ethyl adjacent to an activating group) is 1. The van der Waals surface area contributed by atoms with Gasteiger partial charge in [-0.3, -0.25) is 9.32 Å². The fraction of sp³-hybridized carbons (Fsp3) is 0.712. The maximum Gasteiger partial charge on any atom is 0.469 e. The third-order valence-corrected chi connectivity index (χ3v) is 15.6. The smallest absolute Gasteiger partial charge is 0.448 e. The molecule has 6 N–H and O–H groups in total. The Morgan fingerprint density at radius 2 is 1.75 bits per heavy atom. The minimum atomic E-state index is -4.99. The number of aromatic nitrogens is 1. The van der Waals surface area contributed by atoms with Gasteiger partial charge in [0.25, 0.3) is 5.91 Å². The van der Waals surface area contributed by atoms with E-state index >= 15 is 0 Å². The van der Waals surface area contributed by atoms with Crippen LogP contribution in [-0.4, -0.2) is 124 Å². The third kappa shape index (κ3) is 16.4. The van der Waals surface area contributed by atoms with Crippen LogP contribution < -0.4 is 5.32 Å². The Hall–Kier alpha value is -3.30. The van der Waals surface area contributed by atoms with E-state index in [1.807, 2.05) is 71.9 Å². The van der Waals surface area contributed by atoms with E-state index in [0.717, 1.165) is 11.1 Å². The van der Waals surface area contributed by atoms with Crippen molar-refractivity contribution in [1.29, 1.82) is 5.26 Å². The van der Waals surface area contributed by atoms with Crippen LogP contribution in [0.15, 0.2) is 63.9 Å². The van der Waals surface area contributed by atoms with Crippen LogP contribution in [0.5, 0.6) is 0 Å². The van der Waals surface area contributed by atoms with E-state index in [0.29, 0.717) is 36.8 Å². The number of ether oxygens (including phenoxy) is 3. The van der Waals surface area contributed by atoms with Crippen molar-refractivity contribution in [3.05, 3.63) is 71.0 Å². The Morgan fingerprint density at radius 1 is 1.09 bits per heavy atom. The molecule has 16 nitrogen and oxygen atoms in total. The number of hydrogen-bond acceptors (Lipinski definition) is 13. The summed E-state index contributed by atoms with van der Waals surface area (Å²) < 4.78 is 42.9. The molecule has 2 aliphatic heterocycles. The molecule has 1 amide bonds. The highest BCUT2D eigenvalue weighted by molar-refractivity contribution is 7.46. The topological polar surface area (TPSA) is 237 Å². The number of carbonyl (C=O) groups excluding carboxylic acids is 1. The number of oxazole rings is 1. The highest BCUT2D eigenvalue weighted by Crippen LogP contribution is 2.59. The van der Waals surface area contributed by atoms with E-state index in [2.05, 4.69) is 57.9 Å². The SMILES string of the molecule is COCC(C(O)C(O)C(=O)NCCC(C)c1nc(/C=C/CC2OC3(CC(O)C2C)OC(C(C)CC(C)C(C)C(C)C(C)/C=C(C)/C(C)=C/C=C/C(C)=C\C#N)C(OP(=O)(O)O)C3(C)C)co1)N(C)C. The number of phosphoric ester groups is 1. The van der Waals surface area contributed by atoms with Gasteiger partial charge in [-0.25, -0.2) is 9.55 Å². The molecule has 1 spiro atoms. The molecule has 1 aromatic rings. The van der Waals surface area contributed by atoms with Crippen LogP contribution >= 0.6 is 7.82 Å². The minimum Gasteiger partial charge on any atom is -0.448 e. The summed E-state index contributed by atoms with van der Waals surface area (Å²) in [6.07, 6.45) is 10.4. The van der Waals surface area contributed by atoms with Gasteiger partial charge in [0, 0.05) is 43.4 Å². The van der Waals surface area contributed by atoms with Crippen molar-refractivity contribution in [1.82, 2.24) is 15.2 Å². The summed E-state index contributed by atoms with van der Waals surface area (Å²) in [5.74, 6) is -1.28. The van der Waals surface area contributed by atoms with E-state index in [9.17, 15) is 34.5 Å². The van der Waals surface area contributed by atoms with E-state index in [1.165, 1.54) is 25.0 Å². The standard InChI is InChI=1S/C52H85N4O12P/c1-31(22-24-53)18-16-19-32(2)34(4)26-35(5)38(8)39(9)36(6)27-37(7)47-48(68-69(61,62)63)51(11,12)52(67-47)28-43(57)40(10)44(66-52)21-17-20-41-29-65-50(55-41)33(3)23-25-54-49(60)46(59)45(58)42(30-64-15)56(13)14/h16-20,22,26,29,33,35-40,42-48,57-59H,21,23,25,27-28,30H2,1-15H3,(H,54,60)(H2,61,62,63)/b18-16+,20-17+,31-22-,32-19+,34-26+. The van der Waals surface area contributed by atoms with Gasteiger partial charge in [-0.1, -0.05) is 98.3 Å². The predicted octanol–water partition coefficient (Wildman–Crippen LogP) is 7.86. The first-order chi connectivity index (χ1) is 32.1. The molecule has 69 heavy (non-hydrogen) atoms. The number of rotatable bonds is 25. The van der Waals surface area contributed by atoms with Crippen LogP contribution in [0.1, 0.15) is 126 Å². The third-order valence-electron chi connectivity index (χ3n) is 15.1. The molecule has 3 heterocycles. The lowest BCUT2D eigenvalue weighted by molar-refractivity contribution is -0.332. The van der Waals surface area contributed by atoms with Crippen molar-refractivity contribution in [2.45, 2.75) is 163 Å². The molecule has 0 aromatic carbocycles. The minimum absolute atomic E-state index is 0.0899. The van der Waals surface area contributed by atoms with E-state index in [4.69, 9.17) is 28.4 Å². The van der Waals surface area contributed by atoms with Gasteiger partial charge in [-0.2, -0.15) is 5.26 Å². The van der Waals surface area contributed by atoms with Gasteiger partial charge >= 0.3 is 7.82 Å². The Labute approximate surface area is 412 Å². The summed E-state index contributed by atoms with van der Waals surface area (Å²) in [7, 11) is -0.0505. The molecule has 2 fully saturated rings. The highest BCUT2D eigenvalue weighted by Gasteiger charge is 2.67. The van der Waals surface area contributed by atoms with Gasteiger partial charge in [0.05, 0.1) is 37.0 Å². The fourth-order valence-electron chi connectivity index (χ4n) is 9.57. The van der Waals surface area contributed by atoms with Crippen LogP contribution in [-0.2, 0) is 28.1 Å². The van der Waals surface area contributed by atoms with Crippen molar-refractivity contribution in [3.63, 3.8) is 0 Å². The molecule has 2 saturated heterocycles. The zero-order valence-corrected chi connectivity index (χ0v) is 44.7. The molecular weight excluding hydrogens is 904 g/mol. The van der Waals surface area contributed by atoms with Gasteiger partial charge in [-0.15, -0.1) is 0 Å². The highest BCUT2D eigenvalue weighted by atomic mass is 31.2. The molecule has 390 valence electrons. The number of phosphoric acid groups is 1. The number of aliphatic hydroxyl groups excluding tert-OH is 3. The van der Waals surface area contributed by atoms with E-state index < -0.39 is 67.6 Å². The number of allylic oxidation sites excluding steroid dienone is 8. The maximum atomic E-state index is 12.6. The number of nitrogens with zero attached hydrogens (tertiary/aromatic N) is 3. The molecule has 0 aliphatic carbocycles. The van der Waals surface area contributed by atoms with Crippen molar-refractivity contribution < 1.29 is 57.6 Å². The number of amides is 1. The van der Waals surface area contributed by atoms with Crippen molar-refractivity contribution in [2.75, 3.05) is 34.4 Å². The van der Waals surface area contributed by atoms with E-state index in [-0.39, 0.29) is 55.1 Å². The second kappa shape index (κ2) is 26.4. The van der Waals surface area contributed by atoms with Crippen LogP contribution in [0.3, 0.4) is 0 Å². The number of carbonyl (C=O) groups is 1. The lowest BCUT2D eigenvalue weighted by atomic mass is 9.71. The Kier molecular flexibility index (Phi) is 23.0. The van der Waals surface area contributed by atoms with Gasteiger partial charge in [0.15, 0.2) is 17.8 Å². The van der Waals surface area contributed by atoms with Crippen molar-refractivity contribution in [3.8, 4) is 6.07 Å². The van der Waals surface area contributed by atoms with E-state index in [1.54, 1.807) is 25.1 Å². The normalized spacial score (nSPS) is 27.8. The van der Waals surface area contributed by atoms with Gasteiger partial charge in [0.2, 0.25) is 0 Å². The largest absolute Gasteiger partial charge is 0.469 e. The Balaban J connectivity index is 1.71. The summed E-state index contributed by atoms with van der Waals surface area (Å²) in [5, 5.41) is 44.2. The van der Waals surface area contributed by atoms with Crippen LogP contribution in [0, 0.1) is 52.3 Å². The number of methoxy groups -OCH3 is 1. The lowest BCUT2D eigenvalue weighted by Gasteiger charge is -2.50. The number of nitrogens with one attached hydrogen (secondary N) is 1. The quantitative estimate of drug-likeness (QED) is 0.0311. The second-order valence-electron chi connectivity index (χ2n) is 20.9. The lowest BCUT2D eigenvalue weighted by Crippen LogP contribution is -2.58. The molecule has 0 bridgehead atoms. The molecule has 1 aromatic heterocycles. The molecular formula is C52H85N4O12P. The summed E-state index contributed by atoms with van der Waals surface area (Å²) in [6.45, 7) is 24.9. The summed E-state index contributed by atoms with van der Waals surface area (Å²) in [4.78, 5) is 39.4. The Bertz CT molecular complexity index is 2050. The van der Waals surface area contributed by atoms with Gasteiger partial charge in [0.1, 0.15) is 24.2 Å². The summed E-state index contributed by atoms with van der Waals surface area (Å²) >= 11 is 0. The van der Waals surface area contributed by atoms with Gasteiger partial charge in [-0.05, 0) is 101 Å². The molecule has 3 rings (SSSR count). The number of nitriles is 1. The first kappa shape index (κ1) is 60.0. The molecule has 0 radical (unpaired) electrons. The number of aliphatic hydroxyl groups is 3. The average Bonchev–Trinajstić information content (AvgIpc) is 3.82. The van der Waals surface area contributed by atoms with Crippen LogP contribution in [0.2, 0.25) is 0 Å². The fourth-order valence-corrected chi connectivity index (χ4v) is 10.2. The van der Waals surface area contributed by atoms with Crippen molar-refractivity contribution >= 4 is 19.8 Å². The molecule has 2 aliphatic rings. The molecule has 0 saturated carbocycles.